The molecule has 0 unspecified atom stereocenters. The van der Waals surface area contributed by atoms with E-state index in [2.05, 4.69) is 72.0 Å². The maximum atomic E-state index is 12.4. The molecule has 0 aliphatic heterocycles. The first kappa shape index (κ1) is 22.1. The smallest absolute Gasteiger partial charge is 0.230 e. The van der Waals surface area contributed by atoms with E-state index in [0.29, 0.717) is 5.75 Å². The minimum absolute atomic E-state index is 0.0157. The monoisotopic (exact) mass is 422 g/mol. The highest BCUT2D eigenvalue weighted by Crippen LogP contribution is 2.27. The summed E-state index contributed by atoms with van der Waals surface area (Å²) in [6.07, 6.45) is 0. The number of amides is 1. The molecule has 0 aliphatic carbocycles. The van der Waals surface area contributed by atoms with E-state index < -0.39 is 0 Å². The van der Waals surface area contributed by atoms with Gasteiger partial charge in [0.2, 0.25) is 5.91 Å². The van der Waals surface area contributed by atoms with Crippen LogP contribution in [-0.4, -0.2) is 26.4 Å². The summed E-state index contributed by atoms with van der Waals surface area (Å²) in [6.45, 7) is 11.4. The highest BCUT2D eigenvalue weighted by atomic mass is 32.2. The summed E-state index contributed by atoms with van der Waals surface area (Å²) >= 11 is 1.42. The van der Waals surface area contributed by atoms with Gasteiger partial charge in [0, 0.05) is 12.1 Å². The molecule has 30 heavy (non-hydrogen) atoms. The van der Waals surface area contributed by atoms with Gasteiger partial charge >= 0.3 is 0 Å². The summed E-state index contributed by atoms with van der Waals surface area (Å²) in [5.74, 6) is 1.12. The van der Waals surface area contributed by atoms with Crippen LogP contribution in [0, 0.1) is 0 Å². The van der Waals surface area contributed by atoms with Crippen LogP contribution >= 0.6 is 11.8 Å². The molecule has 1 atom stereocenters. The van der Waals surface area contributed by atoms with Crippen molar-refractivity contribution in [2.24, 2.45) is 0 Å². The van der Waals surface area contributed by atoms with Crippen LogP contribution in [0.2, 0.25) is 0 Å². The molecule has 3 aromatic rings. The molecule has 0 bridgehead atoms. The lowest BCUT2D eigenvalue weighted by molar-refractivity contribution is -0.119. The first-order valence-electron chi connectivity index (χ1n) is 10.3. The Labute approximate surface area is 183 Å². The van der Waals surface area contributed by atoms with Crippen molar-refractivity contribution in [3.63, 3.8) is 0 Å². The number of benzene rings is 2. The molecule has 158 valence electrons. The van der Waals surface area contributed by atoms with E-state index in [1.54, 1.807) is 0 Å². The van der Waals surface area contributed by atoms with Crippen LogP contribution in [0.15, 0.2) is 59.8 Å². The predicted octanol–water partition coefficient (Wildman–Crippen LogP) is 5.23. The fourth-order valence-electron chi connectivity index (χ4n) is 3.25. The van der Waals surface area contributed by atoms with Crippen LogP contribution in [0.3, 0.4) is 0 Å². The maximum absolute atomic E-state index is 12.4. The topological polar surface area (TPSA) is 59.8 Å². The summed E-state index contributed by atoms with van der Waals surface area (Å²) < 4.78 is 2.06. The Morgan fingerprint density at radius 3 is 2.33 bits per heavy atom. The predicted molar refractivity (Wildman–Crippen MR) is 124 cm³/mol. The minimum Gasteiger partial charge on any atom is -0.349 e. The molecule has 1 N–H and O–H groups in total. The fraction of sp³-hybridized carbons (Fsp3) is 0.375. The Balaban J connectivity index is 1.66. The van der Waals surface area contributed by atoms with E-state index in [1.807, 2.05) is 37.3 Å². The first-order valence-corrected chi connectivity index (χ1v) is 11.3. The van der Waals surface area contributed by atoms with Crippen LogP contribution < -0.4 is 5.32 Å². The summed E-state index contributed by atoms with van der Waals surface area (Å²) in [5.41, 5.74) is 3.52. The molecule has 0 radical (unpaired) electrons. The zero-order valence-corrected chi connectivity index (χ0v) is 19.2. The normalized spacial score (nSPS) is 12.6. The number of hydrogen-bond donors (Lipinski definition) is 1. The number of nitrogens with zero attached hydrogens (tertiary/aromatic N) is 3. The number of carbonyl (C=O) groups excluding carboxylic acids is 1. The third kappa shape index (κ3) is 5.30. The van der Waals surface area contributed by atoms with Crippen LogP contribution in [0.1, 0.15) is 51.8 Å². The number of hydrogen-bond acceptors (Lipinski definition) is 4. The number of carbonyl (C=O) groups is 1. The van der Waals surface area contributed by atoms with Crippen molar-refractivity contribution in [2.75, 3.05) is 5.75 Å². The van der Waals surface area contributed by atoms with Crippen molar-refractivity contribution in [1.82, 2.24) is 20.1 Å². The van der Waals surface area contributed by atoms with Gasteiger partial charge in [-0.1, -0.05) is 87.1 Å². The summed E-state index contributed by atoms with van der Waals surface area (Å²) in [4.78, 5) is 12.4. The number of aromatic nitrogens is 3. The molecule has 3 rings (SSSR count). The summed E-state index contributed by atoms with van der Waals surface area (Å²) in [7, 11) is 0. The van der Waals surface area contributed by atoms with E-state index in [-0.39, 0.29) is 17.4 Å². The molecule has 1 aromatic heterocycles. The fourth-order valence-corrected chi connectivity index (χ4v) is 4.07. The SMILES string of the molecule is CCn1c(SCC(=O)N[C@H](C)c2ccccc2)nnc1-c1ccc(C(C)(C)C)cc1. The Kier molecular flexibility index (Phi) is 6.98. The zero-order chi connectivity index (χ0) is 21.7. The second-order valence-corrected chi connectivity index (χ2v) is 9.31. The quantitative estimate of drug-likeness (QED) is 0.530. The van der Waals surface area contributed by atoms with E-state index in [9.17, 15) is 4.79 Å². The second kappa shape index (κ2) is 9.47. The molecule has 0 saturated heterocycles. The lowest BCUT2D eigenvalue weighted by Gasteiger charge is -2.19. The van der Waals surface area contributed by atoms with E-state index in [0.717, 1.165) is 28.7 Å². The van der Waals surface area contributed by atoms with Gasteiger partial charge < -0.3 is 9.88 Å². The van der Waals surface area contributed by atoms with Crippen molar-refractivity contribution in [1.29, 1.82) is 0 Å². The van der Waals surface area contributed by atoms with Gasteiger partial charge in [-0.25, -0.2) is 0 Å². The summed E-state index contributed by atoms with van der Waals surface area (Å²) in [6, 6.07) is 18.4. The summed E-state index contributed by atoms with van der Waals surface area (Å²) in [5, 5.41) is 12.5. The van der Waals surface area contributed by atoms with Gasteiger partial charge in [0.05, 0.1) is 11.8 Å². The Morgan fingerprint density at radius 1 is 1.07 bits per heavy atom. The lowest BCUT2D eigenvalue weighted by Crippen LogP contribution is -2.28. The van der Waals surface area contributed by atoms with Gasteiger partial charge in [-0.15, -0.1) is 10.2 Å². The highest BCUT2D eigenvalue weighted by Gasteiger charge is 2.17. The molecule has 0 saturated carbocycles. The van der Waals surface area contributed by atoms with Gasteiger partial charge in [0.15, 0.2) is 11.0 Å². The third-order valence-corrected chi connectivity index (χ3v) is 6.02. The first-order chi connectivity index (χ1) is 14.3. The van der Waals surface area contributed by atoms with Gasteiger partial charge in [0.25, 0.3) is 0 Å². The van der Waals surface area contributed by atoms with Crippen LogP contribution in [-0.2, 0) is 16.8 Å². The molecule has 0 aliphatic rings. The van der Waals surface area contributed by atoms with Crippen LogP contribution in [0.4, 0.5) is 0 Å². The van der Waals surface area contributed by atoms with Crippen LogP contribution in [0.25, 0.3) is 11.4 Å². The van der Waals surface area contributed by atoms with Crippen molar-refractivity contribution in [2.45, 2.75) is 57.8 Å². The maximum Gasteiger partial charge on any atom is 0.230 e. The number of nitrogens with one attached hydrogen (secondary N) is 1. The Bertz CT molecular complexity index is 975. The molecule has 5 nitrogen and oxygen atoms in total. The van der Waals surface area contributed by atoms with Gasteiger partial charge in [0.1, 0.15) is 0 Å². The van der Waals surface area contributed by atoms with Crippen molar-refractivity contribution in [3.8, 4) is 11.4 Å². The van der Waals surface area contributed by atoms with E-state index in [4.69, 9.17) is 0 Å². The molecule has 0 fully saturated rings. The van der Waals surface area contributed by atoms with Gasteiger partial charge in [-0.3, -0.25) is 4.79 Å². The van der Waals surface area contributed by atoms with Crippen molar-refractivity contribution < 1.29 is 4.79 Å². The number of thioether (sulfide) groups is 1. The van der Waals surface area contributed by atoms with Crippen LogP contribution in [0.5, 0.6) is 0 Å². The molecule has 6 heteroatoms. The third-order valence-electron chi connectivity index (χ3n) is 5.05. The van der Waals surface area contributed by atoms with Gasteiger partial charge in [-0.05, 0) is 30.4 Å². The van der Waals surface area contributed by atoms with Crippen molar-refractivity contribution >= 4 is 17.7 Å². The highest BCUT2D eigenvalue weighted by molar-refractivity contribution is 7.99. The molecular formula is C24H30N4OS. The average Bonchev–Trinajstić information content (AvgIpc) is 3.15. The average molecular weight is 423 g/mol. The second-order valence-electron chi connectivity index (χ2n) is 8.37. The van der Waals surface area contributed by atoms with Gasteiger partial charge in [-0.2, -0.15) is 0 Å². The minimum atomic E-state index is -0.0276. The number of rotatable bonds is 7. The Morgan fingerprint density at radius 2 is 1.73 bits per heavy atom. The largest absolute Gasteiger partial charge is 0.349 e. The van der Waals surface area contributed by atoms with E-state index in [1.165, 1.54) is 17.3 Å². The van der Waals surface area contributed by atoms with E-state index >= 15 is 0 Å². The van der Waals surface area contributed by atoms with Crippen molar-refractivity contribution in [3.05, 3.63) is 65.7 Å². The molecule has 1 amide bonds. The molecule has 0 spiro atoms. The lowest BCUT2D eigenvalue weighted by atomic mass is 9.87. The zero-order valence-electron chi connectivity index (χ0n) is 18.3. The molecule has 2 aromatic carbocycles. The standard InChI is InChI=1S/C24H30N4OS/c1-6-28-22(19-12-14-20(15-13-19)24(3,4)5)26-27-23(28)30-16-21(29)25-17(2)18-10-8-7-9-11-18/h7-15,17H,6,16H2,1-5H3,(H,25,29)/t17-/m1/s1. The molecular weight excluding hydrogens is 392 g/mol. The molecule has 1 heterocycles. The Hall–Kier alpha value is -2.60.